The van der Waals surface area contributed by atoms with E-state index in [1.54, 1.807) is 12.1 Å². The molecule has 1 amide bonds. The summed E-state index contributed by atoms with van der Waals surface area (Å²) in [5.74, 6) is -0.0302. The molecule has 2 aromatic carbocycles. The van der Waals surface area contributed by atoms with Gasteiger partial charge in [-0.15, -0.1) is 11.3 Å². The minimum Gasteiger partial charge on any atom is -0.349 e. The first-order valence-corrected chi connectivity index (χ1v) is 13.6. The van der Waals surface area contributed by atoms with Gasteiger partial charge in [0.1, 0.15) is 0 Å². The Balaban J connectivity index is 1.62. The molecule has 7 heteroatoms. The molecule has 0 aliphatic heterocycles. The molecule has 1 fully saturated rings. The minimum atomic E-state index is -3.67. The molecular formula is C25H30N2O3S2. The molecule has 0 atom stereocenters. The molecule has 3 aromatic rings. The summed E-state index contributed by atoms with van der Waals surface area (Å²) in [5, 5.41) is 4.06. The van der Waals surface area contributed by atoms with Crippen LogP contribution in [0.25, 0.3) is 10.1 Å². The third kappa shape index (κ3) is 4.84. The number of rotatable bonds is 7. The maximum Gasteiger partial charge on any atom is 0.264 e. The van der Waals surface area contributed by atoms with Crippen molar-refractivity contribution in [3.05, 3.63) is 59.0 Å². The molecule has 32 heavy (non-hydrogen) atoms. The zero-order chi connectivity index (χ0) is 22.7. The van der Waals surface area contributed by atoms with Crippen LogP contribution in [0, 0.1) is 6.92 Å². The summed E-state index contributed by atoms with van der Waals surface area (Å²) in [7, 11) is -3.67. The molecule has 1 aliphatic rings. The second kappa shape index (κ2) is 9.63. The lowest BCUT2D eigenvalue weighted by Gasteiger charge is -2.24. The summed E-state index contributed by atoms with van der Waals surface area (Å²) in [6.07, 6.45) is 6.37. The Hall–Kier alpha value is -2.38. The van der Waals surface area contributed by atoms with Crippen molar-refractivity contribution in [3.8, 4) is 0 Å². The van der Waals surface area contributed by atoms with Crippen LogP contribution in [0.3, 0.4) is 0 Å². The minimum absolute atomic E-state index is 0.0302. The van der Waals surface area contributed by atoms with Crippen LogP contribution in [0.1, 0.15) is 60.7 Å². The molecule has 0 unspecified atom stereocenters. The van der Waals surface area contributed by atoms with Gasteiger partial charge in [0.2, 0.25) is 0 Å². The van der Waals surface area contributed by atoms with Crippen LogP contribution in [-0.4, -0.2) is 26.9 Å². The number of hydrogen-bond acceptors (Lipinski definition) is 4. The fourth-order valence-corrected chi connectivity index (χ4v) is 6.72. The summed E-state index contributed by atoms with van der Waals surface area (Å²) in [6, 6.07) is 14.7. The molecule has 0 radical (unpaired) electrons. The van der Waals surface area contributed by atoms with E-state index in [1.807, 2.05) is 50.2 Å². The Kier molecular flexibility index (Phi) is 6.86. The zero-order valence-electron chi connectivity index (χ0n) is 18.6. The van der Waals surface area contributed by atoms with Crippen LogP contribution in [0.4, 0.5) is 5.69 Å². The predicted octanol–water partition coefficient (Wildman–Crippen LogP) is 5.88. The number of sulfonamides is 1. The van der Waals surface area contributed by atoms with Crippen molar-refractivity contribution < 1.29 is 13.2 Å². The number of aryl methyl sites for hydroxylation is 1. The average Bonchev–Trinajstić information content (AvgIpc) is 3.22. The molecule has 1 heterocycles. The van der Waals surface area contributed by atoms with E-state index in [-0.39, 0.29) is 16.8 Å². The van der Waals surface area contributed by atoms with E-state index in [1.165, 1.54) is 34.9 Å². The normalized spacial score (nSPS) is 15.1. The quantitative estimate of drug-likeness (QED) is 0.469. The molecule has 1 N–H and O–H groups in total. The molecule has 1 aliphatic carbocycles. The lowest BCUT2D eigenvalue weighted by Crippen LogP contribution is -2.35. The number of benzene rings is 2. The van der Waals surface area contributed by atoms with Crippen molar-refractivity contribution in [2.24, 2.45) is 0 Å². The maximum absolute atomic E-state index is 13.4. The van der Waals surface area contributed by atoms with Gasteiger partial charge in [0, 0.05) is 17.3 Å². The van der Waals surface area contributed by atoms with Crippen LogP contribution >= 0.6 is 11.3 Å². The Morgan fingerprint density at radius 3 is 2.47 bits per heavy atom. The smallest absolute Gasteiger partial charge is 0.264 e. The van der Waals surface area contributed by atoms with E-state index in [0.717, 1.165) is 28.5 Å². The molecule has 170 valence electrons. The fourth-order valence-electron chi connectivity index (χ4n) is 4.23. The largest absolute Gasteiger partial charge is 0.349 e. The maximum atomic E-state index is 13.4. The Labute approximate surface area is 194 Å². The lowest BCUT2D eigenvalue weighted by atomic mass is 9.95. The molecule has 1 aromatic heterocycles. The molecule has 0 saturated heterocycles. The van der Waals surface area contributed by atoms with Crippen LogP contribution in [0.2, 0.25) is 0 Å². The third-order valence-corrected chi connectivity index (χ3v) is 8.94. The van der Waals surface area contributed by atoms with Crippen molar-refractivity contribution in [3.63, 3.8) is 0 Å². The number of amides is 1. The molecule has 4 rings (SSSR count). The van der Waals surface area contributed by atoms with Gasteiger partial charge < -0.3 is 5.32 Å². The van der Waals surface area contributed by atoms with Gasteiger partial charge in [0.25, 0.3) is 15.9 Å². The second-order valence-corrected chi connectivity index (χ2v) is 11.5. The SMILES string of the molecule is CCCN(c1ccc2sc(C(=O)NC3CCCCC3)cc2c1)S(=O)(=O)c1ccc(C)cc1. The summed E-state index contributed by atoms with van der Waals surface area (Å²) in [4.78, 5) is 13.7. The van der Waals surface area contributed by atoms with Crippen LogP contribution < -0.4 is 9.62 Å². The first-order valence-electron chi connectivity index (χ1n) is 11.3. The summed E-state index contributed by atoms with van der Waals surface area (Å²) >= 11 is 1.45. The topological polar surface area (TPSA) is 66.5 Å². The van der Waals surface area contributed by atoms with Crippen molar-refractivity contribution in [2.45, 2.75) is 63.3 Å². The first-order chi connectivity index (χ1) is 15.4. The van der Waals surface area contributed by atoms with Gasteiger partial charge in [-0.05, 0) is 68.0 Å². The Bertz CT molecular complexity index is 1190. The van der Waals surface area contributed by atoms with Gasteiger partial charge >= 0.3 is 0 Å². The van der Waals surface area contributed by atoms with Gasteiger partial charge in [0.05, 0.1) is 15.5 Å². The number of hydrogen-bond donors (Lipinski definition) is 1. The van der Waals surface area contributed by atoms with E-state index in [9.17, 15) is 13.2 Å². The van der Waals surface area contributed by atoms with Crippen molar-refractivity contribution in [2.75, 3.05) is 10.8 Å². The van der Waals surface area contributed by atoms with E-state index in [4.69, 9.17) is 0 Å². The molecule has 0 bridgehead atoms. The third-order valence-electron chi connectivity index (χ3n) is 5.99. The Morgan fingerprint density at radius 2 is 1.78 bits per heavy atom. The monoisotopic (exact) mass is 470 g/mol. The van der Waals surface area contributed by atoms with Crippen molar-refractivity contribution >= 4 is 43.0 Å². The number of nitrogens with one attached hydrogen (secondary N) is 1. The van der Waals surface area contributed by atoms with Gasteiger partial charge in [-0.1, -0.05) is 43.9 Å². The number of fused-ring (bicyclic) bond motifs is 1. The molecule has 5 nitrogen and oxygen atoms in total. The van der Waals surface area contributed by atoms with Gasteiger partial charge in [-0.25, -0.2) is 8.42 Å². The van der Waals surface area contributed by atoms with Crippen LogP contribution in [0.15, 0.2) is 53.4 Å². The van der Waals surface area contributed by atoms with E-state index >= 15 is 0 Å². The van der Waals surface area contributed by atoms with Gasteiger partial charge in [-0.2, -0.15) is 0 Å². The number of carbonyl (C=O) groups is 1. The standard InChI is InChI=1S/C25H30N2O3S2/c1-3-15-27(32(29,30)22-12-9-18(2)10-13-22)21-11-14-23-19(16-21)17-24(31-23)25(28)26-20-7-5-4-6-8-20/h9-14,16-17,20H,3-8,15H2,1-2H3,(H,26,28). The lowest BCUT2D eigenvalue weighted by molar-refractivity contribution is 0.0932. The summed E-state index contributed by atoms with van der Waals surface area (Å²) in [5.41, 5.74) is 1.64. The fraction of sp³-hybridized carbons (Fsp3) is 0.400. The van der Waals surface area contributed by atoms with E-state index in [2.05, 4.69) is 5.32 Å². The highest BCUT2D eigenvalue weighted by molar-refractivity contribution is 7.92. The second-order valence-electron chi connectivity index (χ2n) is 8.53. The van der Waals surface area contributed by atoms with Crippen LogP contribution in [0.5, 0.6) is 0 Å². The molecule has 0 spiro atoms. The Morgan fingerprint density at radius 1 is 1.06 bits per heavy atom. The van der Waals surface area contributed by atoms with Crippen molar-refractivity contribution in [1.82, 2.24) is 5.32 Å². The van der Waals surface area contributed by atoms with Gasteiger partial charge in [-0.3, -0.25) is 9.10 Å². The summed E-state index contributed by atoms with van der Waals surface area (Å²) in [6.45, 7) is 4.29. The molecular weight excluding hydrogens is 440 g/mol. The average molecular weight is 471 g/mol. The van der Waals surface area contributed by atoms with Crippen molar-refractivity contribution in [1.29, 1.82) is 0 Å². The number of thiophene rings is 1. The van der Waals surface area contributed by atoms with E-state index < -0.39 is 10.0 Å². The highest BCUT2D eigenvalue weighted by Gasteiger charge is 2.25. The highest BCUT2D eigenvalue weighted by Crippen LogP contribution is 2.32. The van der Waals surface area contributed by atoms with E-state index in [0.29, 0.717) is 23.5 Å². The molecule has 1 saturated carbocycles. The number of anilines is 1. The predicted molar refractivity (Wildman–Crippen MR) is 132 cm³/mol. The van der Waals surface area contributed by atoms with Gasteiger partial charge in [0.15, 0.2) is 0 Å². The number of carbonyl (C=O) groups excluding carboxylic acids is 1. The summed E-state index contributed by atoms with van der Waals surface area (Å²) < 4.78 is 29.2. The number of nitrogens with zero attached hydrogens (tertiary/aromatic N) is 1. The zero-order valence-corrected chi connectivity index (χ0v) is 20.3. The first kappa shape index (κ1) is 22.8. The van der Waals surface area contributed by atoms with Crippen LogP contribution in [-0.2, 0) is 10.0 Å². The highest BCUT2D eigenvalue weighted by atomic mass is 32.2.